The molecule has 3 aliphatic rings. The lowest BCUT2D eigenvalue weighted by Gasteiger charge is -2.29. The van der Waals surface area contributed by atoms with Crippen LogP contribution in [0.1, 0.15) is 59.7 Å². The third-order valence-electron chi connectivity index (χ3n) is 8.05. The quantitative estimate of drug-likeness (QED) is 0.350. The van der Waals surface area contributed by atoms with Crippen molar-refractivity contribution in [2.24, 2.45) is 0 Å². The van der Waals surface area contributed by atoms with Crippen molar-refractivity contribution in [3.63, 3.8) is 0 Å². The first-order valence-electron chi connectivity index (χ1n) is 14.0. The number of hydrogen-bond acceptors (Lipinski definition) is 16. The van der Waals surface area contributed by atoms with Gasteiger partial charge in [-0.1, -0.05) is 15.3 Å². The number of carboxylic acid groups (broad SMARTS) is 3. The lowest BCUT2D eigenvalue weighted by Crippen LogP contribution is -2.32. The zero-order valence-electron chi connectivity index (χ0n) is 27.8. The van der Waals surface area contributed by atoms with Gasteiger partial charge in [0.15, 0.2) is 0 Å². The monoisotopic (exact) mass is 693 g/mol. The number of tetrazole rings is 3. The molecular formula is C25H36FN15O6S. The van der Waals surface area contributed by atoms with Crippen molar-refractivity contribution in [1.29, 1.82) is 0 Å². The van der Waals surface area contributed by atoms with Gasteiger partial charge in [-0.15, -0.1) is 0 Å². The van der Waals surface area contributed by atoms with Gasteiger partial charge >= 0.3 is 17.9 Å². The van der Waals surface area contributed by atoms with Gasteiger partial charge in [0.25, 0.3) is 0 Å². The number of carbonyl (C=O) groups is 3. The van der Waals surface area contributed by atoms with Gasteiger partial charge < -0.3 is 30.0 Å². The minimum atomic E-state index is -0.937. The van der Waals surface area contributed by atoms with E-state index < -0.39 is 17.9 Å². The number of fused-ring (bicyclic) bond motifs is 3. The highest BCUT2D eigenvalue weighted by Gasteiger charge is 2.34. The van der Waals surface area contributed by atoms with Crippen LogP contribution in [0.2, 0.25) is 0 Å². The molecule has 0 fully saturated rings. The Labute approximate surface area is 277 Å². The summed E-state index contributed by atoms with van der Waals surface area (Å²) in [4.78, 5) is 38.3. The van der Waals surface area contributed by atoms with E-state index in [4.69, 9.17) is 15.3 Å². The number of carboxylic acids is 3. The second-order valence-electron chi connectivity index (χ2n) is 10.5. The van der Waals surface area contributed by atoms with Crippen molar-refractivity contribution < 1.29 is 33.6 Å². The average molecular weight is 694 g/mol. The second-order valence-corrected chi connectivity index (χ2v) is 10.9. The van der Waals surface area contributed by atoms with E-state index in [1.165, 1.54) is 20.3 Å². The van der Waals surface area contributed by atoms with Crippen molar-refractivity contribution in [3.05, 3.63) is 33.8 Å². The van der Waals surface area contributed by atoms with Crippen molar-refractivity contribution in [2.75, 3.05) is 42.1 Å². The molecule has 0 amide bonds. The van der Waals surface area contributed by atoms with E-state index in [1.807, 2.05) is 0 Å². The smallest absolute Gasteiger partial charge is 0.335 e. The first-order chi connectivity index (χ1) is 22.5. The molecule has 21 nitrogen and oxygen atoms in total. The fraction of sp³-hybridized carbons (Fsp3) is 0.520. The van der Waals surface area contributed by atoms with Crippen LogP contribution in [-0.4, -0.2) is 121 Å². The predicted octanol–water partition coefficient (Wildman–Crippen LogP) is 1.36. The van der Waals surface area contributed by atoms with Crippen molar-refractivity contribution in [1.82, 2.24) is 60.6 Å². The third kappa shape index (κ3) is 6.79. The summed E-state index contributed by atoms with van der Waals surface area (Å²) < 4.78 is 14.7. The van der Waals surface area contributed by atoms with E-state index in [-0.39, 0.29) is 30.3 Å². The molecule has 48 heavy (non-hydrogen) atoms. The first-order valence-corrected chi connectivity index (χ1v) is 15.2. The molecule has 0 aliphatic carbocycles. The van der Waals surface area contributed by atoms with Gasteiger partial charge in [-0.25, -0.2) is 28.4 Å². The molecule has 23 heteroatoms. The fourth-order valence-corrected chi connectivity index (χ4v) is 5.25. The lowest BCUT2D eigenvalue weighted by molar-refractivity contribution is -0.134. The van der Waals surface area contributed by atoms with Crippen LogP contribution in [0.5, 0.6) is 0 Å². The molecule has 0 saturated heterocycles. The Hall–Kier alpha value is -5.48. The predicted molar refractivity (Wildman–Crippen MR) is 168 cm³/mol. The number of rotatable bonds is 3. The Kier molecular flexibility index (Phi) is 11.5. The molecule has 0 saturated carbocycles. The Morgan fingerprint density at radius 2 is 0.792 bits per heavy atom. The van der Waals surface area contributed by atoms with Crippen LogP contribution in [-0.2, 0) is 14.4 Å². The highest BCUT2D eigenvalue weighted by atomic mass is 32.2. The Morgan fingerprint density at radius 1 is 0.583 bits per heavy atom. The summed E-state index contributed by atoms with van der Waals surface area (Å²) in [6.07, 6.45) is 1.38. The van der Waals surface area contributed by atoms with Gasteiger partial charge in [0, 0.05) is 56.6 Å². The van der Waals surface area contributed by atoms with E-state index in [0.717, 1.165) is 0 Å². The van der Waals surface area contributed by atoms with E-state index in [1.54, 1.807) is 77.4 Å². The van der Waals surface area contributed by atoms with E-state index in [9.17, 15) is 18.3 Å². The normalized spacial score (nSPS) is 19.6. The van der Waals surface area contributed by atoms with Gasteiger partial charge in [-0.2, -0.15) is 3.89 Å². The summed E-state index contributed by atoms with van der Waals surface area (Å²) in [7, 11) is 5.23. The Bertz CT molecular complexity index is 1580. The van der Waals surface area contributed by atoms with Crippen molar-refractivity contribution in [3.8, 4) is 0 Å². The molecule has 260 valence electrons. The number of aromatic nitrogens is 12. The molecule has 3 aliphatic heterocycles. The maximum absolute atomic E-state index is 11.1. The van der Waals surface area contributed by atoms with Crippen LogP contribution in [0, 0.1) is 0 Å². The van der Waals surface area contributed by atoms with Gasteiger partial charge in [-0.3, -0.25) is 0 Å². The molecular weight excluding hydrogens is 657 g/mol. The number of anilines is 3. The van der Waals surface area contributed by atoms with Crippen LogP contribution in [0.3, 0.4) is 0 Å². The maximum atomic E-state index is 11.1. The summed E-state index contributed by atoms with van der Waals surface area (Å²) in [5.41, 5.74) is 2.94. The standard InChI is InChI=1S/3C8H11N5O2.CH3FS/c3*1-4-6(7(14)15)5(2)13-8(12(4)3)9-10-11-13;1-3-2/h3*5H,1-3H3,(H,14,15);1H3/t2*5-;;/m10../s1. The van der Waals surface area contributed by atoms with Crippen LogP contribution < -0.4 is 14.7 Å². The highest BCUT2D eigenvalue weighted by Crippen LogP contribution is 2.33. The minimum absolute atomic E-state index is 0.250. The summed E-state index contributed by atoms with van der Waals surface area (Å²) in [6, 6.07) is -1.03. The van der Waals surface area contributed by atoms with Crippen molar-refractivity contribution >= 4 is 47.9 Å². The van der Waals surface area contributed by atoms with Crippen LogP contribution >= 0.6 is 12.1 Å². The van der Waals surface area contributed by atoms with Gasteiger partial charge in [0.05, 0.1) is 34.8 Å². The van der Waals surface area contributed by atoms with Gasteiger partial charge in [-0.05, 0) is 72.8 Å². The number of nitrogens with zero attached hydrogens (tertiary/aromatic N) is 15. The van der Waals surface area contributed by atoms with Crippen molar-refractivity contribution in [2.45, 2.75) is 59.7 Å². The van der Waals surface area contributed by atoms with Crippen LogP contribution in [0.25, 0.3) is 0 Å². The summed E-state index contributed by atoms with van der Waals surface area (Å²) in [6.45, 7) is 10.5. The Balaban J connectivity index is 0.000000187. The zero-order chi connectivity index (χ0) is 36.2. The molecule has 0 aromatic carbocycles. The number of allylic oxidation sites excluding steroid dienone is 3. The third-order valence-corrected chi connectivity index (χ3v) is 8.05. The number of aliphatic carboxylic acids is 3. The molecule has 3 aromatic rings. The topological polar surface area (TPSA) is 252 Å². The van der Waals surface area contributed by atoms with Gasteiger partial charge in [0.2, 0.25) is 17.8 Å². The lowest BCUT2D eigenvalue weighted by atomic mass is 10.1. The Morgan fingerprint density at radius 3 is 0.979 bits per heavy atom. The number of hydrogen-bond donors (Lipinski definition) is 3. The summed E-state index contributed by atoms with van der Waals surface area (Å²) in [5, 5.41) is 60.7. The van der Waals surface area contributed by atoms with Crippen LogP contribution in [0.4, 0.5) is 21.7 Å². The summed E-state index contributed by atoms with van der Waals surface area (Å²) >= 11 is 0.250. The number of halogens is 1. The minimum Gasteiger partial charge on any atom is -0.478 e. The second kappa shape index (κ2) is 15.0. The van der Waals surface area contributed by atoms with Crippen LogP contribution in [0.15, 0.2) is 33.8 Å². The highest BCUT2D eigenvalue weighted by molar-refractivity contribution is 7.93. The molecule has 0 bridgehead atoms. The molecule has 0 spiro atoms. The average Bonchev–Trinajstić information content (AvgIpc) is 3.80. The molecule has 3 N–H and O–H groups in total. The molecule has 0 radical (unpaired) electrons. The summed E-state index contributed by atoms with van der Waals surface area (Å²) in [5.74, 6) is -1.13. The largest absolute Gasteiger partial charge is 0.478 e. The molecule has 3 atom stereocenters. The molecule has 6 rings (SSSR count). The maximum Gasteiger partial charge on any atom is 0.335 e. The SMILES string of the molecule is CC1=C(C(=O)O)C(C)n2nnnc2N1C.CC1=C(C(=O)O)[C@@H](C)n2nnnc2N1C.CC1=C(C(=O)O)[C@H](C)n2nnnc2N1C.CSF. The van der Waals surface area contributed by atoms with E-state index in [0.29, 0.717) is 51.7 Å². The van der Waals surface area contributed by atoms with E-state index in [2.05, 4.69) is 46.6 Å². The zero-order valence-corrected chi connectivity index (χ0v) is 28.6. The molecule has 6 heterocycles. The molecule has 3 aromatic heterocycles. The van der Waals surface area contributed by atoms with E-state index >= 15 is 0 Å². The molecule has 1 unspecified atom stereocenters. The van der Waals surface area contributed by atoms with Gasteiger partial charge in [0.1, 0.15) is 0 Å². The fourth-order valence-electron chi connectivity index (χ4n) is 5.25. The first kappa shape index (κ1) is 37.0.